The van der Waals surface area contributed by atoms with E-state index in [1.807, 2.05) is 0 Å². The Balaban J connectivity index is 2.02. The number of aliphatic hydroxyl groups is 1. The second-order valence-corrected chi connectivity index (χ2v) is 4.44. The lowest BCUT2D eigenvalue weighted by molar-refractivity contribution is -0.117. The molecule has 0 aromatic heterocycles. The first-order valence-electron chi connectivity index (χ1n) is 6.02. The van der Waals surface area contributed by atoms with Crippen LogP contribution in [-0.4, -0.2) is 43.4 Å². The first-order chi connectivity index (χ1) is 7.72. The van der Waals surface area contributed by atoms with E-state index in [9.17, 15) is 4.79 Å². The molecule has 0 spiro atoms. The number of carbonyl (C=O) groups excluding carboxylic acids is 1. The van der Waals surface area contributed by atoms with Crippen molar-refractivity contribution >= 4 is 5.78 Å². The maximum atomic E-state index is 10.9. The highest BCUT2D eigenvalue weighted by atomic mass is 16.6. The van der Waals surface area contributed by atoms with Gasteiger partial charge in [-0.15, -0.1) is 0 Å². The summed E-state index contributed by atoms with van der Waals surface area (Å²) in [5, 5.41) is 8.91. The Morgan fingerprint density at radius 2 is 2.25 bits per heavy atom. The molecule has 1 saturated heterocycles. The molecule has 0 aromatic rings. The van der Waals surface area contributed by atoms with E-state index in [1.54, 1.807) is 6.92 Å². The zero-order valence-corrected chi connectivity index (χ0v) is 9.98. The number of hydrogen-bond donors (Lipinski definition) is 1. The molecule has 2 unspecified atom stereocenters. The van der Waals surface area contributed by atoms with Gasteiger partial charge in [-0.25, -0.2) is 0 Å². The zero-order valence-electron chi connectivity index (χ0n) is 9.98. The molecule has 1 N–H and O–H groups in total. The van der Waals surface area contributed by atoms with Crippen LogP contribution in [-0.2, 0) is 14.3 Å². The van der Waals surface area contributed by atoms with E-state index in [0.29, 0.717) is 31.7 Å². The fraction of sp³-hybridized carbons (Fsp3) is 0.917. The van der Waals surface area contributed by atoms with Crippen molar-refractivity contribution in [1.29, 1.82) is 0 Å². The number of Topliss-reactive ketones (excluding diaryl/α,β-unsaturated/α-hetero) is 1. The minimum absolute atomic E-state index is 0.189. The first kappa shape index (κ1) is 13.6. The highest BCUT2D eigenvalue weighted by molar-refractivity contribution is 5.75. The van der Waals surface area contributed by atoms with E-state index in [2.05, 4.69) is 0 Å². The first-order valence-corrected chi connectivity index (χ1v) is 6.02. The van der Waals surface area contributed by atoms with Crippen molar-refractivity contribution in [3.05, 3.63) is 0 Å². The Morgan fingerprint density at radius 1 is 1.50 bits per heavy atom. The Labute approximate surface area is 96.9 Å². The molecule has 2 atom stereocenters. The number of carbonyl (C=O) groups is 1. The summed E-state index contributed by atoms with van der Waals surface area (Å²) >= 11 is 0. The van der Waals surface area contributed by atoms with Crippen LogP contribution in [0.3, 0.4) is 0 Å². The number of rotatable bonds is 10. The van der Waals surface area contributed by atoms with Gasteiger partial charge in [0.2, 0.25) is 0 Å². The lowest BCUT2D eigenvalue weighted by Gasteiger charge is -2.14. The van der Waals surface area contributed by atoms with Crippen LogP contribution in [0.5, 0.6) is 0 Å². The van der Waals surface area contributed by atoms with Crippen molar-refractivity contribution in [3.8, 4) is 0 Å². The average Bonchev–Trinajstić information content (AvgIpc) is 3.04. The highest BCUT2D eigenvalue weighted by Crippen LogP contribution is 2.16. The van der Waals surface area contributed by atoms with Gasteiger partial charge in [0.25, 0.3) is 0 Å². The summed E-state index contributed by atoms with van der Waals surface area (Å²) in [6, 6.07) is 0. The van der Waals surface area contributed by atoms with Gasteiger partial charge in [-0.1, -0.05) is 0 Å². The van der Waals surface area contributed by atoms with Crippen LogP contribution in [0.4, 0.5) is 0 Å². The van der Waals surface area contributed by atoms with Gasteiger partial charge in [-0.05, 0) is 32.1 Å². The summed E-state index contributed by atoms with van der Waals surface area (Å²) in [4.78, 5) is 10.9. The lowest BCUT2D eigenvalue weighted by atomic mass is 9.95. The second kappa shape index (κ2) is 7.76. The molecule has 94 valence electrons. The SMILES string of the molecule is CC(=O)CCC(CCO)CCOCC1CO1. The Kier molecular flexibility index (Phi) is 6.61. The van der Waals surface area contributed by atoms with Crippen LogP contribution in [0.15, 0.2) is 0 Å². The summed E-state index contributed by atoms with van der Waals surface area (Å²) in [5.74, 6) is 0.615. The van der Waals surface area contributed by atoms with Crippen LogP contribution in [0.1, 0.15) is 32.6 Å². The minimum Gasteiger partial charge on any atom is -0.396 e. The highest BCUT2D eigenvalue weighted by Gasteiger charge is 2.22. The van der Waals surface area contributed by atoms with Gasteiger partial charge in [-0.2, -0.15) is 0 Å². The smallest absolute Gasteiger partial charge is 0.129 e. The molecule has 0 radical (unpaired) electrons. The molecule has 4 heteroatoms. The summed E-state index contributed by atoms with van der Waals surface area (Å²) < 4.78 is 10.5. The van der Waals surface area contributed by atoms with Gasteiger partial charge in [0.1, 0.15) is 11.9 Å². The minimum atomic E-state index is 0.189. The molecule has 1 fully saturated rings. The van der Waals surface area contributed by atoms with Gasteiger partial charge in [0.05, 0.1) is 13.2 Å². The fourth-order valence-corrected chi connectivity index (χ4v) is 1.65. The van der Waals surface area contributed by atoms with E-state index in [4.69, 9.17) is 14.6 Å². The Hall–Kier alpha value is -0.450. The lowest BCUT2D eigenvalue weighted by Crippen LogP contribution is -2.11. The molecule has 0 amide bonds. The maximum Gasteiger partial charge on any atom is 0.129 e. The summed E-state index contributed by atoms with van der Waals surface area (Å²) in [6.07, 6.45) is 3.46. The van der Waals surface area contributed by atoms with Gasteiger partial charge in [-0.3, -0.25) is 0 Å². The monoisotopic (exact) mass is 230 g/mol. The van der Waals surface area contributed by atoms with Gasteiger partial charge < -0.3 is 19.4 Å². The number of epoxide rings is 1. The van der Waals surface area contributed by atoms with Crippen molar-refractivity contribution in [2.24, 2.45) is 5.92 Å². The third-order valence-corrected chi connectivity index (χ3v) is 2.82. The van der Waals surface area contributed by atoms with Crippen molar-refractivity contribution in [3.63, 3.8) is 0 Å². The molecule has 0 saturated carbocycles. The van der Waals surface area contributed by atoms with E-state index < -0.39 is 0 Å². The molecule has 1 heterocycles. The molecule has 0 aromatic carbocycles. The summed E-state index contributed by atoms with van der Waals surface area (Å²) in [7, 11) is 0. The van der Waals surface area contributed by atoms with Crippen molar-refractivity contribution in [2.75, 3.05) is 26.4 Å². The van der Waals surface area contributed by atoms with Crippen LogP contribution < -0.4 is 0 Å². The summed E-state index contributed by atoms with van der Waals surface area (Å²) in [6.45, 7) is 4.00. The normalized spacial score (nSPS) is 20.8. The molecule has 16 heavy (non-hydrogen) atoms. The molecule has 0 bridgehead atoms. The average molecular weight is 230 g/mol. The Bertz CT molecular complexity index is 201. The van der Waals surface area contributed by atoms with Crippen LogP contribution in [0.2, 0.25) is 0 Å². The summed E-state index contributed by atoms with van der Waals surface area (Å²) in [5.41, 5.74) is 0. The number of ether oxygens (including phenoxy) is 2. The second-order valence-electron chi connectivity index (χ2n) is 4.44. The fourth-order valence-electron chi connectivity index (χ4n) is 1.65. The van der Waals surface area contributed by atoms with Crippen molar-refractivity contribution < 1.29 is 19.4 Å². The quantitative estimate of drug-likeness (QED) is 0.452. The standard InChI is InChI=1S/C12H22O4/c1-10(14)2-3-11(4-6-13)5-7-15-8-12-9-16-12/h11-13H,2-9H2,1H3. The maximum absolute atomic E-state index is 10.9. The van der Waals surface area contributed by atoms with E-state index >= 15 is 0 Å². The molecular weight excluding hydrogens is 208 g/mol. The number of hydrogen-bond acceptors (Lipinski definition) is 4. The molecule has 1 rings (SSSR count). The molecule has 4 nitrogen and oxygen atoms in total. The molecule has 1 aliphatic heterocycles. The Morgan fingerprint density at radius 3 is 2.81 bits per heavy atom. The van der Waals surface area contributed by atoms with E-state index in [0.717, 1.165) is 25.9 Å². The zero-order chi connectivity index (χ0) is 11.8. The molecule has 1 aliphatic rings. The van der Waals surface area contributed by atoms with Crippen LogP contribution in [0.25, 0.3) is 0 Å². The van der Waals surface area contributed by atoms with Crippen molar-refractivity contribution in [1.82, 2.24) is 0 Å². The van der Waals surface area contributed by atoms with Gasteiger partial charge >= 0.3 is 0 Å². The van der Waals surface area contributed by atoms with E-state index in [-0.39, 0.29) is 12.4 Å². The number of ketones is 1. The molecule has 0 aliphatic carbocycles. The van der Waals surface area contributed by atoms with E-state index in [1.165, 1.54) is 0 Å². The third kappa shape index (κ3) is 6.93. The van der Waals surface area contributed by atoms with Gasteiger partial charge in [0, 0.05) is 19.6 Å². The van der Waals surface area contributed by atoms with Crippen molar-refractivity contribution in [2.45, 2.75) is 38.7 Å². The third-order valence-electron chi connectivity index (χ3n) is 2.82. The predicted octanol–water partition coefficient (Wildman–Crippen LogP) is 1.16. The largest absolute Gasteiger partial charge is 0.396 e. The van der Waals surface area contributed by atoms with Gasteiger partial charge in [0.15, 0.2) is 0 Å². The molecular formula is C12H22O4. The topological polar surface area (TPSA) is 59.1 Å². The van der Waals surface area contributed by atoms with Crippen LogP contribution >= 0.6 is 0 Å². The number of aliphatic hydroxyl groups excluding tert-OH is 1. The van der Waals surface area contributed by atoms with Crippen LogP contribution in [0, 0.1) is 5.92 Å². The predicted molar refractivity (Wildman–Crippen MR) is 60.3 cm³/mol.